The highest BCUT2D eigenvalue weighted by Crippen LogP contribution is 2.27. The fourth-order valence-electron chi connectivity index (χ4n) is 5.04. The maximum atomic E-state index is 13.2. The summed E-state index contributed by atoms with van der Waals surface area (Å²) in [6.45, 7) is 0.668. The van der Waals surface area contributed by atoms with Gasteiger partial charge in [-0.3, -0.25) is 9.59 Å². The molecular weight excluding hydrogens is 592 g/mol. The lowest BCUT2D eigenvalue weighted by atomic mass is 9.93. The highest BCUT2D eigenvalue weighted by molar-refractivity contribution is 6.08. The number of aryl methyl sites for hydroxylation is 2. The molecule has 2 amide bonds. The third kappa shape index (κ3) is 11.3. The fraction of sp³-hybridized carbons (Fsp3) is 0.143. The van der Waals surface area contributed by atoms with Gasteiger partial charge in [-0.05, 0) is 46.2 Å². The Balaban J connectivity index is 0.000000445. The number of nitrogens with one attached hydrogen (secondary N) is 2. The first kappa shape index (κ1) is 34.6. The molecule has 0 saturated carbocycles. The molecule has 238 valence electrons. The Hall–Kier alpha value is -6.24. The van der Waals surface area contributed by atoms with Gasteiger partial charge in [0.05, 0.1) is 6.07 Å². The molecule has 2 N–H and O–H groups in total. The molecule has 0 aromatic heterocycles. The molecule has 0 atom stereocenters. The Morgan fingerprint density at radius 2 is 1.00 bits per heavy atom. The van der Waals surface area contributed by atoms with Crippen LogP contribution in [0.2, 0.25) is 0 Å². The number of hydrogen-bond donors (Lipinski definition) is 2. The minimum atomic E-state index is -0.435. The van der Waals surface area contributed by atoms with E-state index in [9.17, 15) is 14.9 Å². The van der Waals surface area contributed by atoms with Crippen molar-refractivity contribution in [3.8, 4) is 12.1 Å². The first-order valence-corrected chi connectivity index (χ1v) is 15.9. The van der Waals surface area contributed by atoms with Gasteiger partial charge >= 0.3 is 0 Å². The zero-order chi connectivity index (χ0) is 33.8. The molecule has 0 bridgehead atoms. The lowest BCUT2D eigenvalue weighted by molar-refractivity contribution is -0.121. The van der Waals surface area contributed by atoms with E-state index >= 15 is 0 Å². The number of carbonyl (C=O) groups excluding carboxylic acids is 2. The highest BCUT2D eigenvalue weighted by Gasteiger charge is 2.18. The van der Waals surface area contributed by atoms with Crippen LogP contribution in [0, 0.1) is 22.7 Å². The number of rotatable bonds is 12. The van der Waals surface area contributed by atoms with Gasteiger partial charge in [0, 0.05) is 31.5 Å². The monoisotopic (exact) mass is 630 g/mol. The van der Waals surface area contributed by atoms with Gasteiger partial charge in [-0.2, -0.15) is 10.5 Å². The Kier molecular flexibility index (Phi) is 13.9. The summed E-state index contributed by atoms with van der Waals surface area (Å²) in [5.41, 5.74) is 6.45. The molecule has 0 aliphatic carbocycles. The maximum absolute atomic E-state index is 13.2. The summed E-state index contributed by atoms with van der Waals surface area (Å²) >= 11 is 0. The van der Waals surface area contributed by atoms with Gasteiger partial charge in [-0.25, -0.2) is 0 Å². The van der Waals surface area contributed by atoms with Crippen molar-refractivity contribution in [2.45, 2.75) is 38.8 Å². The average molecular weight is 631 g/mol. The van der Waals surface area contributed by atoms with Crippen molar-refractivity contribution in [1.82, 2.24) is 10.6 Å². The molecule has 0 heterocycles. The average Bonchev–Trinajstić information content (AvgIpc) is 3.15. The smallest absolute Gasteiger partial charge is 0.262 e. The van der Waals surface area contributed by atoms with E-state index in [1.54, 1.807) is 0 Å². The van der Waals surface area contributed by atoms with Crippen LogP contribution in [0.5, 0.6) is 0 Å². The third-order valence-electron chi connectivity index (χ3n) is 7.50. The lowest BCUT2D eigenvalue weighted by Gasteiger charge is -2.13. The molecule has 0 aliphatic heterocycles. The molecule has 6 heteroatoms. The predicted octanol–water partition coefficient (Wildman–Crippen LogP) is 7.72. The number of amides is 2. The normalized spacial score (nSPS) is 9.88. The standard InChI is InChI=1S/C33H29N3O2.C9H9N/c34-22-30(32(28-15-6-2-7-16-28)29-17-8-3-9-18-29)33(38)36-24-27-14-10-13-26(21-27)23-35-31(37)20-19-25-11-4-1-5-12-25;10-8-4-7-9-5-2-1-3-6-9/h1-18,21H,19-20,23-24H2,(H,35,37)(H,36,38);1-3,5-6H,4,7H2. The Labute approximate surface area is 283 Å². The molecule has 0 aliphatic rings. The van der Waals surface area contributed by atoms with Crippen molar-refractivity contribution in [2.75, 3.05) is 0 Å². The zero-order valence-electron chi connectivity index (χ0n) is 26.8. The second-order valence-electron chi connectivity index (χ2n) is 11.0. The van der Waals surface area contributed by atoms with Crippen LogP contribution in [-0.4, -0.2) is 11.8 Å². The van der Waals surface area contributed by atoms with Crippen LogP contribution in [0.3, 0.4) is 0 Å². The summed E-state index contributed by atoms with van der Waals surface area (Å²) in [5.74, 6) is -0.444. The number of carbonyl (C=O) groups is 2. The van der Waals surface area contributed by atoms with Crippen LogP contribution in [0.1, 0.15) is 46.2 Å². The first-order valence-electron chi connectivity index (χ1n) is 15.9. The van der Waals surface area contributed by atoms with E-state index in [0.29, 0.717) is 31.4 Å². The topological polar surface area (TPSA) is 106 Å². The summed E-state index contributed by atoms with van der Waals surface area (Å²) in [7, 11) is 0. The zero-order valence-corrected chi connectivity index (χ0v) is 26.8. The van der Waals surface area contributed by atoms with Gasteiger partial charge in [0.2, 0.25) is 5.91 Å². The number of nitriles is 2. The van der Waals surface area contributed by atoms with Crippen LogP contribution in [-0.2, 0) is 35.5 Å². The van der Waals surface area contributed by atoms with Crippen molar-refractivity contribution in [2.24, 2.45) is 0 Å². The van der Waals surface area contributed by atoms with Gasteiger partial charge in [0.25, 0.3) is 5.91 Å². The molecule has 5 aromatic carbocycles. The highest BCUT2D eigenvalue weighted by atomic mass is 16.2. The van der Waals surface area contributed by atoms with Gasteiger partial charge in [0.15, 0.2) is 0 Å². The van der Waals surface area contributed by atoms with Gasteiger partial charge in [-0.15, -0.1) is 0 Å². The molecule has 0 fully saturated rings. The summed E-state index contributed by atoms with van der Waals surface area (Å²) in [4.78, 5) is 25.5. The van der Waals surface area contributed by atoms with Gasteiger partial charge < -0.3 is 10.6 Å². The van der Waals surface area contributed by atoms with E-state index < -0.39 is 5.91 Å². The fourth-order valence-corrected chi connectivity index (χ4v) is 5.04. The van der Waals surface area contributed by atoms with Crippen molar-refractivity contribution < 1.29 is 9.59 Å². The van der Waals surface area contributed by atoms with Crippen LogP contribution in [0.4, 0.5) is 0 Å². The van der Waals surface area contributed by atoms with Crippen molar-refractivity contribution >= 4 is 17.4 Å². The van der Waals surface area contributed by atoms with Gasteiger partial charge in [-0.1, -0.05) is 146 Å². The van der Waals surface area contributed by atoms with E-state index in [-0.39, 0.29) is 18.0 Å². The molecule has 0 saturated heterocycles. The van der Waals surface area contributed by atoms with E-state index in [1.165, 1.54) is 5.56 Å². The Morgan fingerprint density at radius 3 is 1.50 bits per heavy atom. The quantitative estimate of drug-likeness (QED) is 0.109. The maximum Gasteiger partial charge on any atom is 0.262 e. The second kappa shape index (κ2) is 19.3. The predicted molar refractivity (Wildman–Crippen MR) is 190 cm³/mol. The molecule has 0 radical (unpaired) electrons. The summed E-state index contributed by atoms with van der Waals surface area (Å²) < 4.78 is 0. The SMILES string of the molecule is N#CC(C(=O)NCc1cccc(CNC(=O)CCc2ccccc2)c1)=C(c1ccccc1)c1ccccc1.N#CCCc1ccccc1. The van der Waals surface area contributed by atoms with Crippen molar-refractivity contribution in [1.29, 1.82) is 10.5 Å². The van der Waals surface area contributed by atoms with E-state index in [2.05, 4.69) is 22.8 Å². The van der Waals surface area contributed by atoms with Crippen LogP contribution >= 0.6 is 0 Å². The largest absolute Gasteiger partial charge is 0.352 e. The van der Waals surface area contributed by atoms with Crippen molar-refractivity contribution in [3.05, 3.63) is 185 Å². The molecule has 6 nitrogen and oxygen atoms in total. The Morgan fingerprint density at radius 1 is 0.542 bits per heavy atom. The van der Waals surface area contributed by atoms with Crippen molar-refractivity contribution in [3.63, 3.8) is 0 Å². The lowest BCUT2D eigenvalue weighted by Crippen LogP contribution is -2.25. The molecule has 0 unspecified atom stereocenters. The number of nitrogens with zero attached hydrogens (tertiary/aromatic N) is 2. The van der Waals surface area contributed by atoms with E-state index in [0.717, 1.165) is 34.2 Å². The molecule has 48 heavy (non-hydrogen) atoms. The summed E-state index contributed by atoms with van der Waals surface area (Å²) in [5, 5.41) is 24.1. The first-order chi connectivity index (χ1) is 23.6. The van der Waals surface area contributed by atoms with Gasteiger partial charge in [0.1, 0.15) is 11.6 Å². The summed E-state index contributed by atoms with van der Waals surface area (Å²) in [6.07, 6.45) is 2.61. The van der Waals surface area contributed by atoms with Crippen LogP contribution in [0.25, 0.3) is 5.57 Å². The Bertz CT molecular complexity index is 1820. The number of hydrogen-bond acceptors (Lipinski definition) is 4. The van der Waals surface area contributed by atoms with E-state index in [4.69, 9.17) is 5.26 Å². The molecular formula is C42H38N4O2. The molecule has 5 rings (SSSR count). The van der Waals surface area contributed by atoms with Crippen LogP contribution < -0.4 is 10.6 Å². The van der Waals surface area contributed by atoms with Crippen LogP contribution in [0.15, 0.2) is 151 Å². The second-order valence-corrected chi connectivity index (χ2v) is 11.0. The number of benzene rings is 5. The summed E-state index contributed by atoms with van der Waals surface area (Å²) in [6, 6.07) is 50.8. The third-order valence-corrected chi connectivity index (χ3v) is 7.50. The molecule has 5 aromatic rings. The minimum Gasteiger partial charge on any atom is -0.352 e. The van der Waals surface area contributed by atoms with E-state index in [1.807, 2.05) is 146 Å². The molecule has 0 spiro atoms. The minimum absolute atomic E-state index is 0.00860.